The largest absolute Gasteiger partial charge is 0.382 e. The number of nitrogens with zero attached hydrogens (tertiary/aromatic N) is 4. The van der Waals surface area contributed by atoms with Crippen molar-refractivity contribution in [3.63, 3.8) is 0 Å². The van der Waals surface area contributed by atoms with Crippen LogP contribution in [0.25, 0.3) is 23.0 Å². The summed E-state index contributed by atoms with van der Waals surface area (Å²) in [5.74, 6) is 2.65. The van der Waals surface area contributed by atoms with Crippen LogP contribution < -0.4 is 5.73 Å². The predicted octanol–water partition coefficient (Wildman–Crippen LogP) is 5.15. The molecule has 3 aromatic heterocycles. The second-order valence-electron chi connectivity index (χ2n) is 8.10. The Labute approximate surface area is 172 Å². The molecule has 0 aromatic carbocycles. The first-order valence-corrected chi connectivity index (χ1v) is 10.6. The maximum absolute atomic E-state index is 6.29. The monoisotopic (exact) mass is 390 g/mol. The summed E-state index contributed by atoms with van der Waals surface area (Å²) in [5, 5.41) is 4.53. The van der Waals surface area contributed by atoms with E-state index in [0.29, 0.717) is 11.7 Å². The van der Waals surface area contributed by atoms with Gasteiger partial charge >= 0.3 is 0 Å². The molecule has 0 radical (unpaired) electrons. The van der Waals surface area contributed by atoms with Crippen molar-refractivity contribution in [3.8, 4) is 11.4 Å². The van der Waals surface area contributed by atoms with E-state index in [1.54, 1.807) is 6.08 Å². The third-order valence-corrected chi connectivity index (χ3v) is 6.06. The summed E-state index contributed by atoms with van der Waals surface area (Å²) in [4.78, 5) is 12.9. The SMILES string of the molecule is C=C/C=C\c1cc(-c2nc(C3CCC[C@@H](C)CC3)n3ncnc(N)c23)[nH]c1CC. The van der Waals surface area contributed by atoms with Gasteiger partial charge in [0.2, 0.25) is 0 Å². The zero-order valence-electron chi connectivity index (χ0n) is 17.4. The third kappa shape index (κ3) is 3.71. The Kier molecular flexibility index (Phi) is 5.51. The number of H-pyrrole nitrogens is 1. The predicted molar refractivity (Wildman–Crippen MR) is 119 cm³/mol. The summed E-state index contributed by atoms with van der Waals surface area (Å²) in [6, 6.07) is 2.13. The van der Waals surface area contributed by atoms with Crippen molar-refractivity contribution in [3.05, 3.63) is 48.2 Å². The molecule has 3 heterocycles. The first-order valence-electron chi connectivity index (χ1n) is 10.6. The van der Waals surface area contributed by atoms with Crippen molar-refractivity contribution >= 4 is 17.4 Å². The summed E-state index contributed by atoms with van der Waals surface area (Å²) >= 11 is 0. The van der Waals surface area contributed by atoms with Gasteiger partial charge in [0.25, 0.3) is 0 Å². The van der Waals surface area contributed by atoms with Gasteiger partial charge < -0.3 is 10.7 Å². The van der Waals surface area contributed by atoms with Crippen LogP contribution in [0, 0.1) is 5.92 Å². The highest BCUT2D eigenvalue weighted by Gasteiger charge is 2.26. The van der Waals surface area contributed by atoms with Gasteiger partial charge in [-0.3, -0.25) is 0 Å². The van der Waals surface area contributed by atoms with Gasteiger partial charge in [-0.1, -0.05) is 57.9 Å². The van der Waals surface area contributed by atoms with Crippen LogP contribution in [0.2, 0.25) is 0 Å². The highest BCUT2D eigenvalue weighted by atomic mass is 15.3. The Morgan fingerprint density at radius 3 is 2.97 bits per heavy atom. The molecule has 0 bridgehead atoms. The van der Waals surface area contributed by atoms with Crippen LogP contribution in [0.5, 0.6) is 0 Å². The summed E-state index contributed by atoms with van der Waals surface area (Å²) in [6.07, 6.45) is 14.3. The normalized spacial score (nSPS) is 20.3. The number of nitrogens with one attached hydrogen (secondary N) is 1. The number of aromatic amines is 1. The molecule has 1 saturated carbocycles. The molecule has 1 aliphatic rings. The van der Waals surface area contributed by atoms with E-state index in [-0.39, 0.29) is 0 Å². The maximum atomic E-state index is 6.29. The van der Waals surface area contributed by atoms with Gasteiger partial charge in [0.1, 0.15) is 23.4 Å². The van der Waals surface area contributed by atoms with Gasteiger partial charge in [0.05, 0.1) is 5.69 Å². The number of fused-ring (bicyclic) bond motifs is 1. The van der Waals surface area contributed by atoms with Crippen molar-refractivity contribution < 1.29 is 0 Å². The van der Waals surface area contributed by atoms with E-state index >= 15 is 0 Å². The summed E-state index contributed by atoms with van der Waals surface area (Å²) in [7, 11) is 0. The summed E-state index contributed by atoms with van der Waals surface area (Å²) < 4.78 is 1.92. The van der Waals surface area contributed by atoms with Crippen LogP contribution in [-0.2, 0) is 6.42 Å². The minimum atomic E-state index is 0.399. The molecule has 0 spiro atoms. The number of allylic oxidation sites excluding steroid dienone is 2. The smallest absolute Gasteiger partial charge is 0.153 e. The highest BCUT2D eigenvalue weighted by molar-refractivity contribution is 5.84. The minimum Gasteiger partial charge on any atom is -0.382 e. The number of nitrogen functional groups attached to an aromatic ring is 1. The molecule has 3 N–H and O–H groups in total. The zero-order valence-corrected chi connectivity index (χ0v) is 17.4. The first kappa shape index (κ1) is 19.4. The van der Waals surface area contributed by atoms with E-state index in [4.69, 9.17) is 10.7 Å². The van der Waals surface area contributed by atoms with Crippen LogP contribution in [0.3, 0.4) is 0 Å². The topological polar surface area (TPSA) is 84.9 Å². The lowest BCUT2D eigenvalue weighted by molar-refractivity contribution is 0.494. The lowest BCUT2D eigenvalue weighted by Crippen LogP contribution is -2.07. The van der Waals surface area contributed by atoms with Crippen LogP contribution in [0.4, 0.5) is 5.82 Å². The molecule has 0 saturated heterocycles. The molecule has 2 atom stereocenters. The summed E-state index contributed by atoms with van der Waals surface area (Å²) in [6.45, 7) is 8.26. The van der Waals surface area contributed by atoms with Crippen LogP contribution in [0.1, 0.15) is 69.0 Å². The van der Waals surface area contributed by atoms with Gasteiger partial charge in [0.15, 0.2) is 5.82 Å². The fourth-order valence-corrected chi connectivity index (χ4v) is 4.43. The number of hydrogen-bond donors (Lipinski definition) is 2. The second-order valence-corrected chi connectivity index (χ2v) is 8.10. The Morgan fingerprint density at radius 2 is 2.17 bits per heavy atom. The van der Waals surface area contributed by atoms with E-state index in [0.717, 1.165) is 53.5 Å². The molecule has 3 aromatic rings. The minimum absolute atomic E-state index is 0.399. The molecule has 1 fully saturated rings. The number of aryl methyl sites for hydroxylation is 1. The fraction of sp³-hybridized carbons (Fsp3) is 0.435. The molecule has 29 heavy (non-hydrogen) atoms. The quantitative estimate of drug-likeness (QED) is 0.466. The van der Waals surface area contributed by atoms with Gasteiger partial charge in [-0.15, -0.1) is 0 Å². The van der Waals surface area contributed by atoms with Gasteiger partial charge in [-0.2, -0.15) is 5.10 Å². The Balaban J connectivity index is 1.84. The number of rotatable bonds is 5. The van der Waals surface area contributed by atoms with Crippen molar-refractivity contribution in [2.45, 2.75) is 58.3 Å². The number of imidazole rings is 1. The molecule has 4 rings (SSSR count). The van der Waals surface area contributed by atoms with Crippen molar-refractivity contribution in [1.29, 1.82) is 0 Å². The number of hydrogen-bond acceptors (Lipinski definition) is 4. The standard InChI is InChI=1S/C23H30N6/c1-4-6-9-17-13-19(27-18(17)5-2)20-21-22(24)25-14-26-29(21)23(28-20)16-10-7-8-15(3)11-12-16/h4,6,9,13-16,27H,1,5,7-8,10-12H2,2-3H3,(H2,24,25,26)/b9-6-/t15-,16?/m1/s1. The molecule has 1 unspecified atom stereocenters. The van der Waals surface area contributed by atoms with Gasteiger partial charge in [-0.05, 0) is 36.8 Å². The van der Waals surface area contributed by atoms with Crippen LogP contribution in [0.15, 0.2) is 31.1 Å². The maximum Gasteiger partial charge on any atom is 0.153 e. The van der Waals surface area contributed by atoms with E-state index in [9.17, 15) is 0 Å². The Hall–Kier alpha value is -2.89. The lowest BCUT2D eigenvalue weighted by Gasteiger charge is -2.12. The van der Waals surface area contributed by atoms with E-state index in [1.807, 2.05) is 10.6 Å². The Bertz CT molecular complexity index is 1040. The first-order chi connectivity index (χ1) is 14.1. The molecular formula is C23H30N6. The van der Waals surface area contributed by atoms with Crippen molar-refractivity contribution in [1.82, 2.24) is 24.6 Å². The number of anilines is 1. The number of nitrogens with two attached hydrogens (primary N) is 1. The molecule has 6 nitrogen and oxygen atoms in total. The zero-order chi connectivity index (χ0) is 20.4. The Morgan fingerprint density at radius 1 is 1.31 bits per heavy atom. The fourth-order valence-electron chi connectivity index (χ4n) is 4.43. The average molecular weight is 391 g/mol. The van der Waals surface area contributed by atoms with Gasteiger partial charge in [0, 0.05) is 11.6 Å². The molecule has 0 aliphatic heterocycles. The molecular weight excluding hydrogens is 360 g/mol. The molecule has 0 amide bonds. The molecule has 152 valence electrons. The third-order valence-electron chi connectivity index (χ3n) is 6.06. The molecule has 1 aliphatic carbocycles. The van der Waals surface area contributed by atoms with Crippen LogP contribution in [-0.4, -0.2) is 24.6 Å². The van der Waals surface area contributed by atoms with Crippen molar-refractivity contribution in [2.75, 3.05) is 5.73 Å². The summed E-state index contributed by atoms with van der Waals surface area (Å²) in [5.41, 5.74) is 11.2. The van der Waals surface area contributed by atoms with Crippen molar-refractivity contribution in [2.24, 2.45) is 5.92 Å². The van der Waals surface area contributed by atoms with E-state index < -0.39 is 0 Å². The number of aromatic nitrogens is 5. The van der Waals surface area contributed by atoms with E-state index in [2.05, 4.69) is 47.6 Å². The van der Waals surface area contributed by atoms with E-state index in [1.165, 1.54) is 31.3 Å². The average Bonchev–Trinajstić information content (AvgIpc) is 3.24. The van der Waals surface area contributed by atoms with Gasteiger partial charge in [-0.25, -0.2) is 14.5 Å². The van der Waals surface area contributed by atoms with Crippen LogP contribution >= 0.6 is 0 Å². The highest BCUT2D eigenvalue weighted by Crippen LogP contribution is 2.37. The molecule has 6 heteroatoms. The lowest BCUT2D eigenvalue weighted by atomic mass is 9.98. The second kappa shape index (κ2) is 8.23.